The van der Waals surface area contributed by atoms with Crippen LogP contribution in [0, 0.1) is 5.92 Å². The van der Waals surface area contributed by atoms with Crippen molar-refractivity contribution in [2.45, 2.75) is 38.6 Å². The van der Waals surface area contributed by atoms with Crippen molar-refractivity contribution in [1.29, 1.82) is 0 Å². The molecule has 20 heavy (non-hydrogen) atoms. The predicted octanol–water partition coefficient (Wildman–Crippen LogP) is 2.62. The van der Waals surface area contributed by atoms with Crippen molar-refractivity contribution < 1.29 is 14.7 Å². The Kier molecular flexibility index (Phi) is 4.61. The Hall–Kier alpha value is -2.04. The van der Waals surface area contributed by atoms with Crippen molar-refractivity contribution in [3.63, 3.8) is 0 Å². The van der Waals surface area contributed by atoms with E-state index in [1.54, 1.807) is 12.1 Å². The lowest BCUT2D eigenvalue weighted by molar-refractivity contribution is -0.136. The molecule has 108 valence electrons. The molecule has 1 aromatic rings. The zero-order chi connectivity index (χ0) is 14.5. The fraction of sp³-hybridized carbons (Fsp3) is 0.467. The Morgan fingerprint density at radius 3 is 2.55 bits per heavy atom. The van der Waals surface area contributed by atoms with Crippen LogP contribution < -0.4 is 10.6 Å². The van der Waals surface area contributed by atoms with Crippen LogP contribution in [0.1, 0.15) is 31.7 Å². The number of carboxylic acids is 1. The summed E-state index contributed by atoms with van der Waals surface area (Å²) in [6.45, 7) is 2.13. The summed E-state index contributed by atoms with van der Waals surface area (Å²) in [4.78, 5) is 22.2. The summed E-state index contributed by atoms with van der Waals surface area (Å²) >= 11 is 0. The molecule has 0 radical (unpaired) electrons. The number of nitrogens with one attached hydrogen (secondary N) is 2. The second kappa shape index (κ2) is 6.41. The molecule has 1 aliphatic carbocycles. The van der Waals surface area contributed by atoms with Crippen LogP contribution >= 0.6 is 0 Å². The zero-order valence-corrected chi connectivity index (χ0v) is 11.6. The quantitative estimate of drug-likeness (QED) is 0.747. The van der Waals surface area contributed by atoms with Gasteiger partial charge in [0.1, 0.15) is 0 Å². The Balaban J connectivity index is 1.78. The number of benzene rings is 1. The molecule has 2 atom stereocenters. The number of carbonyl (C=O) groups excluding carboxylic acids is 1. The molecule has 0 bridgehead atoms. The third kappa shape index (κ3) is 4.26. The first-order valence-electron chi connectivity index (χ1n) is 6.96. The van der Waals surface area contributed by atoms with Gasteiger partial charge < -0.3 is 15.7 Å². The maximum Gasteiger partial charge on any atom is 0.319 e. The van der Waals surface area contributed by atoms with Crippen LogP contribution in [0.2, 0.25) is 0 Å². The fourth-order valence-electron chi connectivity index (χ4n) is 2.22. The number of carboxylic acid groups (broad SMARTS) is 1. The van der Waals surface area contributed by atoms with Gasteiger partial charge in [0.2, 0.25) is 0 Å². The van der Waals surface area contributed by atoms with Gasteiger partial charge in [0.05, 0.1) is 0 Å². The van der Waals surface area contributed by atoms with Gasteiger partial charge in [-0.05, 0) is 36.5 Å². The molecule has 1 saturated carbocycles. The number of hydrogen-bond donors (Lipinski definition) is 3. The fourth-order valence-corrected chi connectivity index (χ4v) is 2.22. The molecule has 2 amide bonds. The van der Waals surface area contributed by atoms with E-state index >= 15 is 0 Å². The van der Waals surface area contributed by atoms with Crippen LogP contribution in [0.5, 0.6) is 0 Å². The largest absolute Gasteiger partial charge is 0.481 e. The van der Waals surface area contributed by atoms with Gasteiger partial charge in [-0.2, -0.15) is 0 Å². The smallest absolute Gasteiger partial charge is 0.319 e. The number of anilines is 1. The van der Waals surface area contributed by atoms with E-state index in [1.165, 1.54) is 0 Å². The molecule has 1 aromatic carbocycles. The van der Waals surface area contributed by atoms with E-state index in [2.05, 4.69) is 17.6 Å². The van der Waals surface area contributed by atoms with E-state index in [0.29, 0.717) is 18.4 Å². The maximum absolute atomic E-state index is 11.7. The molecule has 1 aliphatic rings. The van der Waals surface area contributed by atoms with Crippen LogP contribution in [0.25, 0.3) is 0 Å². The van der Waals surface area contributed by atoms with Crippen molar-refractivity contribution in [1.82, 2.24) is 5.32 Å². The molecular weight excluding hydrogens is 256 g/mol. The minimum Gasteiger partial charge on any atom is -0.481 e. The Labute approximate surface area is 118 Å². The molecule has 0 aromatic heterocycles. The lowest BCUT2D eigenvalue weighted by Crippen LogP contribution is -2.31. The Bertz CT molecular complexity index is 484. The van der Waals surface area contributed by atoms with E-state index < -0.39 is 5.97 Å². The molecule has 0 spiro atoms. The summed E-state index contributed by atoms with van der Waals surface area (Å²) in [7, 11) is 0. The first-order chi connectivity index (χ1) is 9.58. The molecule has 1 fully saturated rings. The maximum atomic E-state index is 11.7. The lowest BCUT2D eigenvalue weighted by Gasteiger charge is -2.08. The van der Waals surface area contributed by atoms with Gasteiger partial charge in [0, 0.05) is 18.2 Å². The average molecular weight is 276 g/mol. The Morgan fingerprint density at radius 1 is 1.30 bits per heavy atom. The Morgan fingerprint density at radius 2 is 2.00 bits per heavy atom. The second-order valence-corrected chi connectivity index (χ2v) is 5.20. The standard InChI is InChI=1S/C15H20N2O3/c1-2-11-9-13(11)17-15(20)16-12-6-3-10(4-7-12)5-8-14(18)19/h3-4,6-7,11,13H,2,5,8-9H2,1H3,(H,18,19)(H2,16,17,20). The summed E-state index contributed by atoms with van der Waals surface area (Å²) in [6.07, 6.45) is 2.79. The number of carbonyl (C=O) groups is 2. The molecule has 5 heteroatoms. The number of aryl methyl sites for hydroxylation is 1. The number of rotatable bonds is 6. The molecule has 0 aliphatic heterocycles. The highest BCUT2D eigenvalue weighted by molar-refractivity contribution is 5.89. The number of amides is 2. The summed E-state index contributed by atoms with van der Waals surface area (Å²) in [6, 6.07) is 7.40. The van der Waals surface area contributed by atoms with Crippen LogP contribution in [-0.4, -0.2) is 23.1 Å². The van der Waals surface area contributed by atoms with Crippen LogP contribution in [-0.2, 0) is 11.2 Å². The molecule has 5 nitrogen and oxygen atoms in total. The van der Waals surface area contributed by atoms with Gasteiger partial charge in [0.15, 0.2) is 0 Å². The zero-order valence-electron chi connectivity index (χ0n) is 11.6. The van der Waals surface area contributed by atoms with Gasteiger partial charge in [-0.25, -0.2) is 4.79 Å². The SMILES string of the molecule is CCC1CC1NC(=O)Nc1ccc(CCC(=O)O)cc1. The number of urea groups is 1. The van der Waals surface area contributed by atoms with Crippen molar-refractivity contribution in [2.24, 2.45) is 5.92 Å². The third-order valence-corrected chi connectivity index (χ3v) is 3.60. The number of hydrogen-bond acceptors (Lipinski definition) is 2. The minimum atomic E-state index is -0.804. The van der Waals surface area contributed by atoms with E-state index in [9.17, 15) is 9.59 Å². The van der Waals surface area contributed by atoms with Crippen molar-refractivity contribution in [2.75, 3.05) is 5.32 Å². The van der Waals surface area contributed by atoms with E-state index in [4.69, 9.17) is 5.11 Å². The van der Waals surface area contributed by atoms with Crippen molar-refractivity contribution in [3.05, 3.63) is 29.8 Å². The monoisotopic (exact) mass is 276 g/mol. The second-order valence-electron chi connectivity index (χ2n) is 5.20. The molecule has 0 saturated heterocycles. The molecule has 3 N–H and O–H groups in total. The van der Waals surface area contributed by atoms with Gasteiger partial charge in [-0.3, -0.25) is 4.79 Å². The lowest BCUT2D eigenvalue weighted by atomic mass is 10.1. The highest BCUT2D eigenvalue weighted by Gasteiger charge is 2.36. The summed E-state index contributed by atoms with van der Waals surface area (Å²) in [5, 5.41) is 14.3. The van der Waals surface area contributed by atoms with Gasteiger partial charge >= 0.3 is 12.0 Å². The number of aliphatic carboxylic acids is 1. The van der Waals surface area contributed by atoms with Gasteiger partial charge in [-0.15, -0.1) is 0 Å². The average Bonchev–Trinajstić information content (AvgIpc) is 3.16. The first kappa shape index (κ1) is 14.4. The van der Waals surface area contributed by atoms with Gasteiger partial charge in [0.25, 0.3) is 0 Å². The third-order valence-electron chi connectivity index (χ3n) is 3.60. The molecular formula is C15H20N2O3. The topological polar surface area (TPSA) is 78.4 Å². The predicted molar refractivity (Wildman–Crippen MR) is 76.7 cm³/mol. The molecule has 0 heterocycles. The summed E-state index contributed by atoms with van der Waals surface area (Å²) < 4.78 is 0. The first-order valence-corrected chi connectivity index (χ1v) is 6.96. The molecule has 2 rings (SSSR count). The minimum absolute atomic E-state index is 0.118. The van der Waals surface area contributed by atoms with E-state index in [0.717, 1.165) is 24.1 Å². The van der Waals surface area contributed by atoms with E-state index in [-0.39, 0.29) is 12.5 Å². The van der Waals surface area contributed by atoms with Crippen LogP contribution in [0.3, 0.4) is 0 Å². The van der Waals surface area contributed by atoms with Crippen LogP contribution in [0.15, 0.2) is 24.3 Å². The van der Waals surface area contributed by atoms with Crippen LogP contribution in [0.4, 0.5) is 10.5 Å². The normalized spacial score (nSPS) is 20.2. The summed E-state index contributed by atoms with van der Waals surface area (Å²) in [5.74, 6) is -0.180. The van der Waals surface area contributed by atoms with Crippen molar-refractivity contribution in [3.8, 4) is 0 Å². The highest BCUT2D eigenvalue weighted by atomic mass is 16.4. The van der Waals surface area contributed by atoms with Crippen molar-refractivity contribution >= 4 is 17.7 Å². The highest BCUT2D eigenvalue weighted by Crippen LogP contribution is 2.33. The van der Waals surface area contributed by atoms with Gasteiger partial charge in [-0.1, -0.05) is 25.5 Å². The molecule has 2 unspecified atom stereocenters. The van der Waals surface area contributed by atoms with E-state index in [1.807, 2.05) is 12.1 Å². The summed E-state index contributed by atoms with van der Waals surface area (Å²) in [5.41, 5.74) is 1.67.